The molecule has 0 saturated heterocycles. The molecule has 4 heteroatoms. The van der Waals surface area contributed by atoms with Gasteiger partial charge in [-0.25, -0.2) is 0 Å². The fourth-order valence-corrected chi connectivity index (χ4v) is 1.79. The molecule has 0 heterocycles. The van der Waals surface area contributed by atoms with E-state index in [1.165, 1.54) is 0 Å². The molecule has 0 aliphatic rings. The molecule has 0 amide bonds. The van der Waals surface area contributed by atoms with Gasteiger partial charge in [-0.05, 0) is 25.1 Å². The van der Waals surface area contributed by atoms with Gasteiger partial charge in [-0.3, -0.25) is 4.79 Å². The molecule has 1 unspecified atom stereocenters. The second-order valence-corrected chi connectivity index (χ2v) is 4.58. The normalized spacial score (nSPS) is 12.6. The highest BCUT2D eigenvalue weighted by Crippen LogP contribution is 2.23. The third kappa shape index (κ3) is 2.70. The predicted octanol–water partition coefficient (Wildman–Crippen LogP) is 3.91. The number of hydrogen-bond donors (Lipinski definition) is 0. The van der Waals surface area contributed by atoms with Crippen molar-refractivity contribution < 1.29 is 4.79 Å². The summed E-state index contributed by atoms with van der Waals surface area (Å²) in [5.41, 5.74) is 0.465. The lowest BCUT2D eigenvalue weighted by Gasteiger charge is -2.04. The lowest BCUT2D eigenvalue weighted by Crippen LogP contribution is -2.10. The standard InChI is InChI=1S/C9H7BrCl2O/c1-5(11)9(13)7-3-2-6(10)4-8(7)12/h2-5H,1H3. The minimum absolute atomic E-state index is 0.154. The summed E-state index contributed by atoms with van der Waals surface area (Å²) in [4.78, 5) is 11.4. The molecule has 0 aliphatic heterocycles. The van der Waals surface area contributed by atoms with E-state index >= 15 is 0 Å². The molecule has 0 aromatic heterocycles. The van der Waals surface area contributed by atoms with Crippen LogP contribution in [-0.4, -0.2) is 11.2 Å². The van der Waals surface area contributed by atoms with E-state index in [0.717, 1.165) is 4.47 Å². The average molecular weight is 282 g/mol. The van der Waals surface area contributed by atoms with Crippen LogP contribution in [0.4, 0.5) is 0 Å². The van der Waals surface area contributed by atoms with Crippen LogP contribution in [-0.2, 0) is 0 Å². The van der Waals surface area contributed by atoms with Gasteiger partial charge < -0.3 is 0 Å². The molecular weight excluding hydrogens is 275 g/mol. The van der Waals surface area contributed by atoms with E-state index in [4.69, 9.17) is 23.2 Å². The van der Waals surface area contributed by atoms with Crippen LogP contribution < -0.4 is 0 Å². The minimum Gasteiger partial charge on any atom is -0.292 e. The zero-order valence-electron chi connectivity index (χ0n) is 6.85. The van der Waals surface area contributed by atoms with Gasteiger partial charge >= 0.3 is 0 Å². The Labute approximate surface area is 95.2 Å². The number of benzene rings is 1. The fourth-order valence-electron chi connectivity index (χ4n) is 0.904. The Hall–Kier alpha value is -0.0500. The summed E-state index contributed by atoms with van der Waals surface area (Å²) < 4.78 is 0.844. The first kappa shape index (κ1) is 11.0. The molecule has 1 aromatic carbocycles. The van der Waals surface area contributed by atoms with Crippen LogP contribution in [0.2, 0.25) is 5.02 Å². The molecule has 1 atom stereocenters. The lowest BCUT2D eigenvalue weighted by atomic mass is 10.1. The molecule has 70 valence electrons. The summed E-state index contributed by atoms with van der Waals surface area (Å²) >= 11 is 14.8. The summed E-state index contributed by atoms with van der Waals surface area (Å²) in [6.07, 6.45) is 0. The molecule has 0 N–H and O–H groups in total. The van der Waals surface area contributed by atoms with E-state index in [-0.39, 0.29) is 5.78 Å². The molecule has 0 aliphatic carbocycles. The van der Waals surface area contributed by atoms with Gasteiger partial charge in [0, 0.05) is 10.0 Å². The van der Waals surface area contributed by atoms with Crippen LogP contribution in [0.15, 0.2) is 22.7 Å². The van der Waals surface area contributed by atoms with Gasteiger partial charge in [0.15, 0.2) is 5.78 Å². The number of Topliss-reactive ketones (excluding diaryl/α,β-unsaturated/α-hetero) is 1. The first-order valence-corrected chi connectivity index (χ1v) is 5.26. The van der Waals surface area contributed by atoms with Crippen molar-refractivity contribution in [1.82, 2.24) is 0 Å². The van der Waals surface area contributed by atoms with Gasteiger partial charge in [0.25, 0.3) is 0 Å². The topological polar surface area (TPSA) is 17.1 Å². The Bertz CT molecular complexity index is 336. The number of rotatable bonds is 2. The second-order valence-electron chi connectivity index (χ2n) is 2.60. The molecule has 1 aromatic rings. The third-order valence-corrected chi connectivity index (χ3v) is 2.56. The minimum atomic E-state index is -0.543. The van der Waals surface area contributed by atoms with Gasteiger partial charge in [-0.1, -0.05) is 27.5 Å². The summed E-state index contributed by atoms with van der Waals surface area (Å²) in [5.74, 6) is -0.154. The highest BCUT2D eigenvalue weighted by atomic mass is 79.9. The number of halogens is 3. The lowest BCUT2D eigenvalue weighted by molar-refractivity contribution is 0.0992. The smallest absolute Gasteiger partial charge is 0.181 e. The van der Waals surface area contributed by atoms with Gasteiger partial charge in [-0.15, -0.1) is 11.6 Å². The first-order valence-electron chi connectivity index (χ1n) is 3.65. The number of hydrogen-bond acceptors (Lipinski definition) is 1. The number of alkyl halides is 1. The first-order chi connectivity index (χ1) is 6.02. The maximum absolute atomic E-state index is 11.4. The molecule has 0 bridgehead atoms. The molecular formula is C9H7BrCl2O. The Morgan fingerprint density at radius 3 is 2.62 bits per heavy atom. The van der Waals surface area contributed by atoms with Gasteiger partial charge in [0.05, 0.1) is 10.4 Å². The average Bonchev–Trinajstić information content (AvgIpc) is 2.03. The SMILES string of the molecule is CC(Cl)C(=O)c1ccc(Br)cc1Cl. The highest BCUT2D eigenvalue weighted by molar-refractivity contribution is 9.10. The van der Waals surface area contributed by atoms with Crippen molar-refractivity contribution in [3.63, 3.8) is 0 Å². The summed E-state index contributed by atoms with van der Waals surface area (Å²) in [5, 5.41) is -0.120. The van der Waals surface area contributed by atoms with E-state index in [9.17, 15) is 4.79 Å². The zero-order chi connectivity index (χ0) is 10.0. The monoisotopic (exact) mass is 280 g/mol. The van der Waals surface area contributed by atoms with Crippen LogP contribution in [0.25, 0.3) is 0 Å². The van der Waals surface area contributed by atoms with Gasteiger partial charge in [0.1, 0.15) is 0 Å². The molecule has 0 radical (unpaired) electrons. The van der Waals surface area contributed by atoms with Crippen molar-refractivity contribution in [3.8, 4) is 0 Å². The Morgan fingerprint density at radius 1 is 1.54 bits per heavy atom. The Kier molecular flexibility index (Phi) is 3.77. The second kappa shape index (κ2) is 4.45. The predicted molar refractivity (Wildman–Crippen MR) is 58.8 cm³/mol. The van der Waals surface area contributed by atoms with Crippen molar-refractivity contribution in [3.05, 3.63) is 33.3 Å². The Balaban J connectivity index is 3.09. The molecule has 0 fully saturated rings. The number of ketones is 1. The van der Waals surface area contributed by atoms with Crippen LogP contribution in [0.5, 0.6) is 0 Å². The van der Waals surface area contributed by atoms with Crippen molar-refractivity contribution in [2.24, 2.45) is 0 Å². The Morgan fingerprint density at radius 2 is 2.15 bits per heavy atom. The van der Waals surface area contributed by atoms with E-state index in [0.29, 0.717) is 10.6 Å². The van der Waals surface area contributed by atoms with Crippen LogP contribution >= 0.6 is 39.1 Å². The number of carbonyl (C=O) groups is 1. The van der Waals surface area contributed by atoms with Crippen LogP contribution in [0.1, 0.15) is 17.3 Å². The van der Waals surface area contributed by atoms with Crippen molar-refractivity contribution in [2.75, 3.05) is 0 Å². The van der Waals surface area contributed by atoms with E-state index < -0.39 is 5.38 Å². The van der Waals surface area contributed by atoms with Crippen molar-refractivity contribution >= 4 is 44.9 Å². The van der Waals surface area contributed by atoms with Gasteiger partial charge in [0.2, 0.25) is 0 Å². The quantitative estimate of drug-likeness (QED) is 0.593. The van der Waals surface area contributed by atoms with Crippen molar-refractivity contribution in [1.29, 1.82) is 0 Å². The zero-order valence-corrected chi connectivity index (χ0v) is 9.95. The number of carbonyl (C=O) groups excluding carboxylic acids is 1. The largest absolute Gasteiger partial charge is 0.292 e. The maximum atomic E-state index is 11.4. The van der Waals surface area contributed by atoms with Crippen molar-refractivity contribution in [2.45, 2.75) is 12.3 Å². The van der Waals surface area contributed by atoms with Crippen LogP contribution in [0.3, 0.4) is 0 Å². The molecule has 0 spiro atoms. The summed E-state index contributed by atoms with van der Waals surface area (Å²) in [7, 11) is 0. The fraction of sp³-hybridized carbons (Fsp3) is 0.222. The van der Waals surface area contributed by atoms with E-state index in [1.807, 2.05) is 0 Å². The molecule has 1 rings (SSSR count). The summed E-state index contributed by atoms with van der Waals surface area (Å²) in [6, 6.07) is 5.10. The summed E-state index contributed by atoms with van der Waals surface area (Å²) in [6.45, 7) is 1.63. The maximum Gasteiger partial charge on any atom is 0.181 e. The van der Waals surface area contributed by atoms with Crippen LogP contribution in [0, 0.1) is 0 Å². The molecule has 13 heavy (non-hydrogen) atoms. The van der Waals surface area contributed by atoms with Gasteiger partial charge in [-0.2, -0.15) is 0 Å². The third-order valence-electron chi connectivity index (χ3n) is 1.56. The molecule has 1 nitrogen and oxygen atoms in total. The van der Waals surface area contributed by atoms with E-state index in [1.54, 1.807) is 25.1 Å². The van der Waals surface area contributed by atoms with E-state index in [2.05, 4.69) is 15.9 Å². The highest BCUT2D eigenvalue weighted by Gasteiger charge is 2.15. The molecule has 0 saturated carbocycles.